The van der Waals surface area contributed by atoms with Crippen molar-refractivity contribution in [3.8, 4) is 5.75 Å². The average molecular weight is 496 g/mol. The molecule has 1 aromatic heterocycles. The molecule has 0 saturated carbocycles. The highest BCUT2D eigenvalue weighted by Gasteiger charge is 2.32. The van der Waals surface area contributed by atoms with Crippen molar-refractivity contribution in [2.75, 3.05) is 18.4 Å². The Morgan fingerprint density at radius 2 is 1.85 bits per heavy atom. The van der Waals surface area contributed by atoms with Gasteiger partial charge in [-0.15, -0.1) is 8.80 Å². The van der Waals surface area contributed by atoms with Gasteiger partial charge >= 0.3 is 10.2 Å². The van der Waals surface area contributed by atoms with Gasteiger partial charge in [-0.25, -0.2) is 8.42 Å². The third-order valence-electron chi connectivity index (χ3n) is 5.40. The molecule has 0 amide bonds. The molecule has 0 unspecified atom stereocenters. The van der Waals surface area contributed by atoms with Crippen molar-refractivity contribution in [2.24, 2.45) is 8.80 Å². The number of aromatic hydroxyl groups is 1. The van der Waals surface area contributed by atoms with Crippen LogP contribution in [0.3, 0.4) is 0 Å². The van der Waals surface area contributed by atoms with E-state index in [0.717, 1.165) is 12.8 Å². The van der Waals surface area contributed by atoms with E-state index in [2.05, 4.69) is 19.4 Å². The molecule has 13 heteroatoms. The number of furan rings is 1. The Bertz CT molecular complexity index is 1320. The van der Waals surface area contributed by atoms with Crippen molar-refractivity contribution >= 4 is 37.6 Å². The van der Waals surface area contributed by atoms with Crippen LogP contribution in [0.25, 0.3) is 0 Å². The van der Waals surface area contributed by atoms with Gasteiger partial charge in [0.15, 0.2) is 17.4 Å². The fourth-order valence-electron chi connectivity index (χ4n) is 3.72. The van der Waals surface area contributed by atoms with Crippen molar-refractivity contribution in [3.05, 3.63) is 41.9 Å². The predicted molar refractivity (Wildman–Crippen MR) is 123 cm³/mol. The maximum Gasteiger partial charge on any atom is 0.367 e. The van der Waals surface area contributed by atoms with Gasteiger partial charge in [-0.3, -0.25) is 0 Å². The number of phenols is 1. The van der Waals surface area contributed by atoms with Crippen LogP contribution in [0, 0.1) is 6.92 Å². The van der Waals surface area contributed by atoms with E-state index in [1.165, 1.54) is 22.5 Å². The molecule has 2 aliphatic heterocycles. The molecule has 2 aliphatic rings. The van der Waals surface area contributed by atoms with E-state index in [4.69, 9.17) is 4.42 Å². The summed E-state index contributed by atoms with van der Waals surface area (Å²) < 4.78 is 64.2. The Hall–Kier alpha value is -2.90. The summed E-state index contributed by atoms with van der Waals surface area (Å²) in [4.78, 5) is -0.264. The summed E-state index contributed by atoms with van der Waals surface area (Å²) in [6, 6.07) is 7.39. The molecular formula is C20H25N5O6S2. The second-order valence-corrected chi connectivity index (χ2v) is 10.9. The molecule has 178 valence electrons. The number of anilines is 1. The Kier molecular flexibility index (Phi) is 6.20. The topological polar surface area (TPSA) is 154 Å². The van der Waals surface area contributed by atoms with Gasteiger partial charge in [0.05, 0.1) is 11.7 Å². The number of sulfonamides is 1. The van der Waals surface area contributed by atoms with E-state index in [9.17, 15) is 21.9 Å². The lowest BCUT2D eigenvalue weighted by atomic mass is 10.1. The highest BCUT2D eigenvalue weighted by Crippen LogP contribution is 2.34. The molecule has 0 spiro atoms. The SMILES string of the molecule is CC[C@@H](NC1=NS(=O)(=O)N=C1Nc1cccc(S(=O)(=O)N2CCCC2)c1O)c1ccc(C)o1. The van der Waals surface area contributed by atoms with E-state index in [0.29, 0.717) is 31.0 Å². The first-order valence-corrected chi connectivity index (χ1v) is 13.3. The molecule has 4 rings (SSSR count). The van der Waals surface area contributed by atoms with E-state index in [-0.39, 0.29) is 28.3 Å². The summed E-state index contributed by atoms with van der Waals surface area (Å²) in [6.07, 6.45) is 2.08. The molecule has 1 saturated heterocycles. The molecule has 11 nitrogen and oxygen atoms in total. The molecule has 0 bridgehead atoms. The number of benzene rings is 1. The smallest absolute Gasteiger partial charge is 0.367 e. The molecule has 1 aromatic carbocycles. The van der Waals surface area contributed by atoms with E-state index in [1.54, 1.807) is 19.1 Å². The Morgan fingerprint density at radius 3 is 2.48 bits per heavy atom. The lowest BCUT2D eigenvalue weighted by Crippen LogP contribution is -2.36. The number of nitrogens with one attached hydrogen (secondary N) is 2. The van der Waals surface area contributed by atoms with Crippen molar-refractivity contribution < 1.29 is 26.4 Å². The fourth-order valence-corrected chi connectivity index (χ4v) is 6.12. The molecular weight excluding hydrogens is 470 g/mol. The van der Waals surface area contributed by atoms with Crippen molar-refractivity contribution in [3.63, 3.8) is 0 Å². The van der Waals surface area contributed by atoms with Crippen LogP contribution in [0.2, 0.25) is 0 Å². The Labute approximate surface area is 192 Å². The van der Waals surface area contributed by atoms with Gasteiger partial charge in [-0.2, -0.15) is 12.7 Å². The minimum atomic E-state index is -4.15. The largest absolute Gasteiger partial charge is 0.504 e. The molecule has 2 aromatic rings. The highest BCUT2D eigenvalue weighted by atomic mass is 32.2. The number of rotatable bonds is 6. The predicted octanol–water partition coefficient (Wildman–Crippen LogP) is 2.29. The number of aryl methyl sites for hydroxylation is 1. The zero-order chi connectivity index (χ0) is 23.8. The zero-order valence-corrected chi connectivity index (χ0v) is 19.8. The third-order valence-corrected chi connectivity index (χ3v) is 8.15. The standard InChI is InChI=1S/C20H25N5O6S2/c1-3-14(16-10-9-13(2)31-16)21-19-20(24-33(29,30)23-19)22-15-7-6-8-17(18(15)26)32(27,28)25-11-4-5-12-25/h6-10,14,26H,3-5,11-12H2,1-2H3,(H,21,23)(H,22,24)/t14-/m1/s1. The summed E-state index contributed by atoms with van der Waals surface area (Å²) in [5.41, 5.74) is -0.0116. The van der Waals surface area contributed by atoms with Gasteiger partial charge in [0, 0.05) is 13.1 Å². The number of amidine groups is 2. The quantitative estimate of drug-likeness (QED) is 0.516. The van der Waals surface area contributed by atoms with Crippen LogP contribution in [0.15, 0.2) is 48.4 Å². The second-order valence-electron chi connectivity index (χ2n) is 7.77. The lowest BCUT2D eigenvalue weighted by molar-refractivity contribution is 0.424. The number of nitrogens with zero attached hydrogens (tertiary/aromatic N) is 3. The second kappa shape index (κ2) is 8.80. The summed E-state index contributed by atoms with van der Waals surface area (Å²) in [5, 5.41) is 16.4. The average Bonchev–Trinajstić information content (AvgIpc) is 3.48. The summed E-state index contributed by atoms with van der Waals surface area (Å²) in [7, 11) is -8.04. The first kappa shape index (κ1) is 23.3. The minimum absolute atomic E-state index is 0.0116. The van der Waals surface area contributed by atoms with Gasteiger partial charge in [-0.05, 0) is 50.5 Å². The highest BCUT2D eigenvalue weighted by molar-refractivity contribution is 7.89. The zero-order valence-electron chi connectivity index (χ0n) is 18.1. The van der Waals surface area contributed by atoms with Crippen molar-refractivity contribution in [1.82, 2.24) is 9.62 Å². The molecule has 1 atom stereocenters. The van der Waals surface area contributed by atoms with Crippen LogP contribution >= 0.6 is 0 Å². The molecule has 33 heavy (non-hydrogen) atoms. The number of phenolic OH excluding ortho intramolecular Hbond substituents is 1. The number of hydrogen-bond acceptors (Lipinski definition) is 8. The fraction of sp³-hybridized carbons (Fsp3) is 0.400. The molecule has 3 heterocycles. The van der Waals surface area contributed by atoms with Gasteiger partial charge in [0.2, 0.25) is 10.0 Å². The van der Waals surface area contributed by atoms with E-state index < -0.39 is 26.0 Å². The van der Waals surface area contributed by atoms with Gasteiger partial charge in [0.25, 0.3) is 0 Å². The third kappa shape index (κ3) is 4.75. The lowest BCUT2D eigenvalue weighted by Gasteiger charge is -2.19. The van der Waals surface area contributed by atoms with Gasteiger partial charge in [0.1, 0.15) is 16.4 Å². The monoisotopic (exact) mass is 495 g/mol. The number of para-hydroxylation sites is 1. The first-order valence-electron chi connectivity index (χ1n) is 10.5. The van der Waals surface area contributed by atoms with Gasteiger partial charge in [-0.1, -0.05) is 13.0 Å². The maximum absolute atomic E-state index is 12.9. The maximum atomic E-state index is 12.9. The summed E-state index contributed by atoms with van der Waals surface area (Å²) >= 11 is 0. The van der Waals surface area contributed by atoms with Gasteiger partial charge < -0.3 is 20.2 Å². The van der Waals surface area contributed by atoms with E-state index in [1.807, 2.05) is 6.92 Å². The van der Waals surface area contributed by atoms with Crippen LogP contribution in [-0.2, 0) is 20.2 Å². The van der Waals surface area contributed by atoms with Crippen LogP contribution < -0.4 is 10.6 Å². The van der Waals surface area contributed by atoms with Crippen LogP contribution in [0.1, 0.15) is 43.7 Å². The van der Waals surface area contributed by atoms with Crippen molar-refractivity contribution in [1.29, 1.82) is 0 Å². The molecule has 3 N–H and O–H groups in total. The minimum Gasteiger partial charge on any atom is -0.504 e. The van der Waals surface area contributed by atoms with Crippen LogP contribution in [0.4, 0.5) is 5.69 Å². The normalized spacial score (nSPS) is 19.2. The Morgan fingerprint density at radius 1 is 1.15 bits per heavy atom. The summed E-state index contributed by atoms with van der Waals surface area (Å²) in [6.45, 7) is 4.46. The first-order chi connectivity index (χ1) is 15.6. The molecule has 1 fully saturated rings. The Balaban J connectivity index is 1.62. The molecule has 0 aliphatic carbocycles. The van der Waals surface area contributed by atoms with E-state index >= 15 is 0 Å². The van der Waals surface area contributed by atoms with Crippen molar-refractivity contribution in [2.45, 2.75) is 44.0 Å². The number of hydrogen-bond donors (Lipinski definition) is 3. The molecule has 0 radical (unpaired) electrons. The summed E-state index contributed by atoms with van der Waals surface area (Å²) in [5.74, 6) is 0.553. The van der Waals surface area contributed by atoms with Crippen LogP contribution in [-0.4, -0.2) is 51.0 Å². The van der Waals surface area contributed by atoms with Crippen LogP contribution in [0.5, 0.6) is 5.75 Å².